The molecule has 4 saturated carbocycles. The summed E-state index contributed by atoms with van der Waals surface area (Å²) in [6.07, 6.45) is 11.8. The number of Topliss-reactive ketones (excluding diaryl/α,β-unsaturated/α-hetero) is 1. The van der Waals surface area contributed by atoms with Crippen LogP contribution in [0.4, 0.5) is 0 Å². The van der Waals surface area contributed by atoms with Crippen molar-refractivity contribution in [1.29, 1.82) is 0 Å². The molecule has 28 heavy (non-hydrogen) atoms. The average Bonchev–Trinajstić information content (AvgIpc) is 3.03. The first-order valence-electron chi connectivity index (χ1n) is 12.1. The van der Waals surface area contributed by atoms with Gasteiger partial charge in [-0.1, -0.05) is 13.8 Å². The molecule has 0 saturated heterocycles. The quantitative estimate of drug-likeness (QED) is 0.684. The molecule has 0 aromatic rings. The highest BCUT2D eigenvalue weighted by Crippen LogP contribution is 2.68. The van der Waals surface area contributed by atoms with Gasteiger partial charge in [0.1, 0.15) is 5.78 Å². The molecule has 1 N–H and O–H groups in total. The molecule has 3 heteroatoms. The molecule has 0 bridgehead atoms. The third-order valence-electron chi connectivity index (χ3n) is 10.2. The predicted molar refractivity (Wildman–Crippen MR) is 112 cm³/mol. The molecule has 0 spiro atoms. The van der Waals surface area contributed by atoms with Crippen LogP contribution in [0.2, 0.25) is 0 Å². The average molecular weight is 391 g/mol. The number of ketones is 1. The van der Waals surface area contributed by atoms with Crippen molar-refractivity contribution in [3.05, 3.63) is 0 Å². The first-order valence-corrected chi connectivity index (χ1v) is 12.1. The number of carbonyl (C=O) groups excluding carboxylic acids is 1. The third kappa shape index (κ3) is 3.02. The number of aliphatic hydroxyl groups is 1. The molecule has 0 unspecified atom stereocenters. The number of hydrogen-bond donors (Lipinski definition) is 1. The molecule has 8 atom stereocenters. The van der Waals surface area contributed by atoms with Gasteiger partial charge in [0.05, 0.1) is 12.2 Å². The van der Waals surface area contributed by atoms with E-state index in [1.807, 2.05) is 13.8 Å². The highest BCUT2D eigenvalue weighted by Gasteiger charge is 2.62. The second-order valence-electron chi connectivity index (χ2n) is 11.1. The molecule has 0 heterocycles. The van der Waals surface area contributed by atoms with Gasteiger partial charge in [0.2, 0.25) is 0 Å². The summed E-state index contributed by atoms with van der Waals surface area (Å²) in [5.41, 5.74) is 0.0542. The van der Waals surface area contributed by atoms with Crippen LogP contribution in [0.5, 0.6) is 0 Å². The van der Waals surface area contributed by atoms with Crippen molar-refractivity contribution >= 4 is 5.78 Å². The van der Waals surface area contributed by atoms with Crippen molar-refractivity contribution in [3.8, 4) is 0 Å². The number of fused-ring (bicyclic) bond motifs is 5. The molecule has 4 aliphatic rings. The number of carbonyl (C=O) groups is 1. The summed E-state index contributed by atoms with van der Waals surface area (Å²) >= 11 is 0. The SMILES string of the molecule is CCOC[C@@]1(O)CC[C@@]2(CC)[C@@H](CC[C@H]3[C@@H]4CC[C@H](C(C)=O)[C@@]4(C)CC[C@@H]32)C1. The van der Waals surface area contributed by atoms with Crippen molar-refractivity contribution in [2.75, 3.05) is 13.2 Å². The molecule has 0 amide bonds. The number of ether oxygens (including phenoxy) is 1. The smallest absolute Gasteiger partial charge is 0.133 e. The molecular weight excluding hydrogens is 348 g/mol. The normalized spacial score (nSPS) is 50.5. The van der Waals surface area contributed by atoms with Crippen LogP contribution in [-0.4, -0.2) is 29.7 Å². The molecule has 0 aromatic heterocycles. The Morgan fingerprint density at radius 3 is 2.50 bits per heavy atom. The summed E-state index contributed by atoms with van der Waals surface area (Å²) in [6, 6.07) is 0. The minimum absolute atomic E-state index is 0.249. The van der Waals surface area contributed by atoms with E-state index in [2.05, 4.69) is 13.8 Å². The van der Waals surface area contributed by atoms with Crippen molar-refractivity contribution in [2.24, 2.45) is 40.4 Å². The Morgan fingerprint density at radius 2 is 1.82 bits per heavy atom. The summed E-state index contributed by atoms with van der Waals surface area (Å²) in [5.74, 6) is 3.73. The minimum atomic E-state index is -0.609. The lowest BCUT2D eigenvalue weighted by molar-refractivity contribution is -0.173. The highest BCUT2D eigenvalue weighted by molar-refractivity contribution is 5.79. The molecule has 0 radical (unpaired) electrons. The van der Waals surface area contributed by atoms with E-state index in [1.54, 1.807) is 0 Å². The minimum Gasteiger partial charge on any atom is -0.387 e. The summed E-state index contributed by atoms with van der Waals surface area (Å²) in [5, 5.41) is 11.2. The summed E-state index contributed by atoms with van der Waals surface area (Å²) in [6.45, 7) is 9.89. The van der Waals surface area contributed by atoms with Gasteiger partial charge in [-0.05, 0) is 113 Å². The van der Waals surface area contributed by atoms with Crippen LogP contribution in [0.25, 0.3) is 0 Å². The second-order valence-corrected chi connectivity index (χ2v) is 11.1. The first-order chi connectivity index (χ1) is 13.3. The van der Waals surface area contributed by atoms with Crippen LogP contribution in [0.15, 0.2) is 0 Å². The fraction of sp³-hybridized carbons (Fsp3) is 0.960. The van der Waals surface area contributed by atoms with Crippen molar-refractivity contribution in [1.82, 2.24) is 0 Å². The van der Waals surface area contributed by atoms with E-state index in [1.165, 1.54) is 44.9 Å². The van der Waals surface area contributed by atoms with Gasteiger partial charge in [-0.25, -0.2) is 0 Å². The van der Waals surface area contributed by atoms with Crippen LogP contribution in [0.1, 0.15) is 91.9 Å². The van der Waals surface area contributed by atoms with Crippen molar-refractivity contribution in [2.45, 2.75) is 97.5 Å². The van der Waals surface area contributed by atoms with E-state index in [0.29, 0.717) is 36.2 Å². The van der Waals surface area contributed by atoms with E-state index in [-0.39, 0.29) is 5.41 Å². The van der Waals surface area contributed by atoms with Crippen LogP contribution in [0, 0.1) is 40.4 Å². The van der Waals surface area contributed by atoms with Gasteiger partial charge in [-0.15, -0.1) is 0 Å². The van der Waals surface area contributed by atoms with E-state index in [0.717, 1.165) is 37.0 Å². The van der Waals surface area contributed by atoms with Gasteiger partial charge in [0.15, 0.2) is 0 Å². The second kappa shape index (κ2) is 7.38. The zero-order valence-electron chi connectivity index (χ0n) is 18.6. The van der Waals surface area contributed by atoms with Gasteiger partial charge < -0.3 is 9.84 Å². The van der Waals surface area contributed by atoms with Crippen molar-refractivity contribution in [3.63, 3.8) is 0 Å². The molecule has 160 valence electrons. The zero-order valence-corrected chi connectivity index (χ0v) is 18.6. The fourth-order valence-corrected chi connectivity index (χ4v) is 8.93. The lowest BCUT2D eigenvalue weighted by atomic mass is 9.42. The maximum Gasteiger partial charge on any atom is 0.133 e. The Kier molecular flexibility index (Phi) is 5.49. The Balaban J connectivity index is 1.57. The monoisotopic (exact) mass is 390 g/mol. The highest BCUT2D eigenvalue weighted by atomic mass is 16.5. The van der Waals surface area contributed by atoms with E-state index in [9.17, 15) is 9.90 Å². The Bertz CT molecular complexity index is 603. The van der Waals surface area contributed by atoms with Crippen LogP contribution < -0.4 is 0 Å². The van der Waals surface area contributed by atoms with Crippen LogP contribution in [-0.2, 0) is 9.53 Å². The molecule has 4 rings (SSSR count). The summed E-state index contributed by atoms with van der Waals surface area (Å²) < 4.78 is 5.65. The summed E-state index contributed by atoms with van der Waals surface area (Å²) in [4.78, 5) is 12.3. The van der Waals surface area contributed by atoms with Gasteiger partial charge in [-0.2, -0.15) is 0 Å². The molecular formula is C25H42O3. The standard InChI is InChI=1S/C25H42O3/c1-5-25-14-13-24(27,16-28-6-2)15-18(25)7-8-19-21-10-9-20(17(3)26)23(21,4)12-11-22(19)25/h18-22,27H,5-16H2,1-4H3/t18-,19-,20+,21-,22-,23+,24+,25-/m0/s1. The topological polar surface area (TPSA) is 46.5 Å². The van der Waals surface area contributed by atoms with Crippen LogP contribution >= 0.6 is 0 Å². The molecule has 0 aliphatic heterocycles. The van der Waals surface area contributed by atoms with Gasteiger partial charge in [0, 0.05) is 12.5 Å². The first kappa shape index (κ1) is 20.8. The lowest BCUT2D eigenvalue weighted by Gasteiger charge is -2.63. The fourth-order valence-electron chi connectivity index (χ4n) is 8.93. The maximum atomic E-state index is 12.3. The van der Waals surface area contributed by atoms with E-state index < -0.39 is 5.60 Å². The van der Waals surface area contributed by atoms with Gasteiger partial charge in [0.25, 0.3) is 0 Å². The zero-order chi connectivity index (χ0) is 20.2. The Morgan fingerprint density at radius 1 is 1.04 bits per heavy atom. The van der Waals surface area contributed by atoms with Gasteiger partial charge in [-0.3, -0.25) is 4.79 Å². The summed E-state index contributed by atoms with van der Waals surface area (Å²) in [7, 11) is 0. The number of hydrogen-bond acceptors (Lipinski definition) is 3. The van der Waals surface area contributed by atoms with E-state index >= 15 is 0 Å². The lowest BCUT2D eigenvalue weighted by Crippen LogP contribution is -2.57. The largest absolute Gasteiger partial charge is 0.387 e. The maximum absolute atomic E-state index is 12.3. The number of rotatable bonds is 5. The molecule has 4 fully saturated rings. The van der Waals surface area contributed by atoms with Crippen LogP contribution in [0.3, 0.4) is 0 Å². The van der Waals surface area contributed by atoms with Crippen molar-refractivity contribution < 1.29 is 14.6 Å². The third-order valence-corrected chi connectivity index (χ3v) is 10.2. The molecule has 4 aliphatic carbocycles. The van der Waals surface area contributed by atoms with Gasteiger partial charge >= 0.3 is 0 Å². The molecule has 3 nitrogen and oxygen atoms in total. The molecule has 0 aromatic carbocycles. The Hall–Kier alpha value is -0.410. The Labute approximate surface area is 172 Å². The predicted octanol–water partition coefficient (Wildman–Crippen LogP) is 5.39. The van der Waals surface area contributed by atoms with E-state index in [4.69, 9.17) is 4.74 Å².